The van der Waals surface area contributed by atoms with Crippen LogP contribution in [-0.2, 0) is 4.74 Å². The molecule has 0 fully saturated rings. The van der Waals surface area contributed by atoms with Gasteiger partial charge in [-0.3, -0.25) is 10.1 Å². The van der Waals surface area contributed by atoms with Crippen LogP contribution in [0.15, 0.2) is 18.2 Å². The second kappa shape index (κ2) is 9.11. The van der Waals surface area contributed by atoms with Gasteiger partial charge >= 0.3 is 5.69 Å². The zero-order valence-electron chi connectivity index (χ0n) is 12.1. The molecule has 1 atom stereocenters. The Hall–Kier alpha value is -1.90. The van der Waals surface area contributed by atoms with Gasteiger partial charge in [-0.2, -0.15) is 0 Å². The summed E-state index contributed by atoms with van der Waals surface area (Å²) in [5.74, 6) is 0.465. The maximum atomic E-state index is 11.0. The Labute approximate surface area is 122 Å². The number of hydrogen-bond donors (Lipinski definition) is 2. The van der Waals surface area contributed by atoms with Crippen molar-refractivity contribution in [2.45, 2.75) is 6.10 Å². The van der Waals surface area contributed by atoms with E-state index in [-0.39, 0.29) is 18.0 Å². The van der Waals surface area contributed by atoms with E-state index in [0.29, 0.717) is 25.4 Å². The van der Waals surface area contributed by atoms with Crippen molar-refractivity contribution in [2.24, 2.45) is 0 Å². The molecule has 118 valence electrons. The van der Waals surface area contributed by atoms with Crippen LogP contribution in [0, 0.1) is 10.1 Å². The lowest BCUT2D eigenvalue weighted by molar-refractivity contribution is -0.386. The van der Waals surface area contributed by atoms with Crippen molar-refractivity contribution in [3.63, 3.8) is 0 Å². The molecule has 0 amide bonds. The molecule has 8 heteroatoms. The van der Waals surface area contributed by atoms with Gasteiger partial charge in [0, 0.05) is 20.2 Å². The number of nitro benzene ring substituents is 1. The fourth-order valence-electron chi connectivity index (χ4n) is 1.58. The Balaban J connectivity index is 2.52. The number of rotatable bonds is 10. The van der Waals surface area contributed by atoms with Crippen molar-refractivity contribution >= 4 is 5.69 Å². The standard InChI is InChI=1S/C13H20N2O6/c1-19-6-5-14-8-10(16)9-21-13-4-3-11(20-2)7-12(13)15(17)18/h3-4,7,10,14,16H,5-6,8-9H2,1-2H3. The molecule has 1 aromatic rings. The molecule has 0 saturated carbocycles. The van der Waals surface area contributed by atoms with Crippen LogP contribution in [0.4, 0.5) is 5.69 Å². The third-order valence-corrected chi connectivity index (χ3v) is 2.66. The molecule has 0 heterocycles. The third-order valence-electron chi connectivity index (χ3n) is 2.66. The number of nitrogens with zero attached hydrogens (tertiary/aromatic N) is 1. The van der Waals surface area contributed by atoms with Crippen molar-refractivity contribution in [2.75, 3.05) is 40.5 Å². The minimum atomic E-state index is -0.774. The van der Waals surface area contributed by atoms with Gasteiger partial charge in [0.05, 0.1) is 24.7 Å². The molecule has 0 aliphatic rings. The summed E-state index contributed by atoms with van der Waals surface area (Å²) in [7, 11) is 3.01. The van der Waals surface area contributed by atoms with Crippen LogP contribution >= 0.6 is 0 Å². The fourth-order valence-corrected chi connectivity index (χ4v) is 1.58. The highest BCUT2D eigenvalue weighted by Gasteiger charge is 2.17. The van der Waals surface area contributed by atoms with Crippen LogP contribution in [0.25, 0.3) is 0 Å². The number of nitro groups is 1. The number of methoxy groups -OCH3 is 2. The molecule has 0 radical (unpaired) electrons. The van der Waals surface area contributed by atoms with Gasteiger partial charge in [-0.25, -0.2) is 0 Å². The molecule has 21 heavy (non-hydrogen) atoms. The van der Waals surface area contributed by atoms with E-state index in [4.69, 9.17) is 14.2 Å². The Bertz CT molecular complexity index is 454. The first kappa shape index (κ1) is 17.2. The van der Waals surface area contributed by atoms with Crippen molar-refractivity contribution in [3.8, 4) is 11.5 Å². The van der Waals surface area contributed by atoms with Crippen molar-refractivity contribution < 1.29 is 24.2 Å². The predicted molar refractivity (Wildman–Crippen MR) is 75.9 cm³/mol. The van der Waals surface area contributed by atoms with Gasteiger partial charge in [-0.05, 0) is 12.1 Å². The van der Waals surface area contributed by atoms with Gasteiger partial charge in [0.25, 0.3) is 0 Å². The highest BCUT2D eigenvalue weighted by atomic mass is 16.6. The Kier molecular flexibility index (Phi) is 7.44. The summed E-state index contributed by atoms with van der Waals surface area (Å²) >= 11 is 0. The van der Waals surface area contributed by atoms with Crippen LogP contribution in [0.3, 0.4) is 0 Å². The minimum Gasteiger partial charge on any atom is -0.496 e. The summed E-state index contributed by atoms with van der Waals surface area (Å²) in [6.45, 7) is 1.41. The minimum absolute atomic E-state index is 0.0485. The molecule has 1 aromatic carbocycles. The maximum absolute atomic E-state index is 11.0. The summed E-state index contributed by atoms with van der Waals surface area (Å²) in [5, 5.41) is 23.6. The number of hydrogen-bond acceptors (Lipinski definition) is 7. The molecule has 1 unspecified atom stereocenters. The molecular formula is C13H20N2O6. The second-order valence-corrected chi connectivity index (χ2v) is 4.25. The van der Waals surface area contributed by atoms with Crippen molar-refractivity contribution in [3.05, 3.63) is 28.3 Å². The third kappa shape index (κ3) is 5.94. The first-order chi connectivity index (χ1) is 10.1. The molecule has 2 N–H and O–H groups in total. The predicted octanol–water partition coefficient (Wildman–Crippen LogP) is 0.579. The molecule has 0 bridgehead atoms. The lowest BCUT2D eigenvalue weighted by Gasteiger charge is -2.13. The maximum Gasteiger partial charge on any atom is 0.314 e. The van der Waals surface area contributed by atoms with Gasteiger partial charge < -0.3 is 24.6 Å². The van der Waals surface area contributed by atoms with Gasteiger partial charge in [-0.1, -0.05) is 0 Å². The highest BCUT2D eigenvalue weighted by molar-refractivity contribution is 5.50. The summed E-state index contributed by atoms with van der Waals surface area (Å²) in [6.07, 6.45) is -0.774. The van der Waals surface area contributed by atoms with E-state index in [9.17, 15) is 15.2 Å². The molecular weight excluding hydrogens is 280 g/mol. The zero-order valence-corrected chi connectivity index (χ0v) is 12.1. The molecule has 8 nitrogen and oxygen atoms in total. The van der Waals surface area contributed by atoms with E-state index in [1.807, 2.05) is 0 Å². The normalized spacial score (nSPS) is 12.0. The number of ether oxygens (including phenoxy) is 3. The summed E-state index contributed by atoms with van der Waals surface area (Å²) < 4.78 is 15.1. The van der Waals surface area contributed by atoms with Crippen LogP contribution in [0.5, 0.6) is 11.5 Å². The fraction of sp³-hybridized carbons (Fsp3) is 0.538. The van der Waals surface area contributed by atoms with Crippen molar-refractivity contribution in [1.82, 2.24) is 5.32 Å². The van der Waals surface area contributed by atoms with Gasteiger partial charge in [0.2, 0.25) is 0 Å². The average Bonchev–Trinajstić information content (AvgIpc) is 2.49. The SMILES string of the molecule is COCCNCC(O)COc1ccc(OC)cc1[N+](=O)[O-]. The Morgan fingerprint density at radius 2 is 2.19 bits per heavy atom. The van der Waals surface area contributed by atoms with Gasteiger partial charge in [0.1, 0.15) is 18.5 Å². The number of benzene rings is 1. The summed E-state index contributed by atoms with van der Waals surface area (Å²) in [4.78, 5) is 10.4. The first-order valence-corrected chi connectivity index (χ1v) is 6.41. The first-order valence-electron chi connectivity index (χ1n) is 6.41. The smallest absolute Gasteiger partial charge is 0.314 e. The lowest BCUT2D eigenvalue weighted by Crippen LogP contribution is -2.33. The molecule has 0 spiro atoms. The number of aliphatic hydroxyl groups is 1. The number of nitrogens with one attached hydrogen (secondary N) is 1. The second-order valence-electron chi connectivity index (χ2n) is 4.25. The van der Waals surface area contributed by atoms with E-state index < -0.39 is 11.0 Å². The quantitative estimate of drug-likeness (QED) is 0.370. The number of aliphatic hydroxyl groups excluding tert-OH is 1. The Morgan fingerprint density at radius 3 is 2.81 bits per heavy atom. The van der Waals surface area contributed by atoms with E-state index in [2.05, 4.69) is 5.32 Å². The Morgan fingerprint density at radius 1 is 1.43 bits per heavy atom. The van der Waals surface area contributed by atoms with Crippen LogP contribution < -0.4 is 14.8 Å². The largest absolute Gasteiger partial charge is 0.496 e. The lowest BCUT2D eigenvalue weighted by atomic mass is 10.2. The average molecular weight is 300 g/mol. The van der Waals surface area contributed by atoms with Crippen LogP contribution in [-0.4, -0.2) is 56.7 Å². The topological polar surface area (TPSA) is 103 Å². The highest BCUT2D eigenvalue weighted by Crippen LogP contribution is 2.30. The van der Waals surface area contributed by atoms with E-state index >= 15 is 0 Å². The molecule has 0 aromatic heterocycles. The van der Waals surface area contributed by atoms with E-state index in [1.165, 1.54) is 19.2 Å². The molecule has 0 aliphatic carbocycles. The summed E-state index contributed by atoms with van der Waals surface area (Å²) in [5.41, 5.74) is -0.200. The van der Waals surface area contributed by atoms with E-state index in [0.717, 1.165) is 0 Å². The van der Waals surface area contributed by atoms with Crippen LogP contribution in [0.1, 0.15) is 0 Å². The molecule has 1 rings (SSSR count). The van der Waals surface area contributed by atoms with Crippen molar-refractivity contribution in [1.29, 1.82) is 0 Å². The molecule has 0 aliphatic heterocycles. The molecule has 0 saturated heterocycles. The zero-order chi connectivity index (χ0) is 15.7. The monoisotopic (exact) mass is 300 g/mol. The van der Waals surface area contributed by atoms with Gasteiger partial charge in [0.15, 0.2) is 5.75 Å². The van der Waals surface area contributed by atoms with Crippen LogP contribution in [0.2, 0.25) is 0 Å². The van der Waals surface area contributed by atoms with E-state index in [1.54, 1.807) is 13.2 Å². The van der Waals surface area contributed by atoms with Gasteiger partial charge in [-0.15, -0.1) is 0 Å². The summed E-state index contributed by atoms with van der Waals surface area (Å²) in [6, 6.07) is 4.28.